The van der Waals surface area contributed by atoms with Crippen molar-refractivity contribution in [3.05, 3.63) is 35.4 Å². The summed E-state index contributed by atoms with van der Waals surface area (Å²) in [6, 6.07) is 9.82. The molecule has 0 atom stereocenters. The van der Waals surface area contributed by atoms with Gasteiger partial charge in [-0.05, 0) is 24.6 Å². The van der Waals surface area contributed by atoms with Gasteiger partial charge in [0.25, 0.3) is 0 Å². The summed E-state index contributed by atoms with van der Waals surface area (Å²) in [7, 11) is 0. The van der Waals surface area contributed by atoms with Crippen LogP contribution in [0.2, 0.25) is 5.02 Å². The van der Waals surface area contributed by atoms with Crippen LogP contribution in [0.5, 0.6) is 0 Å². The second-order valence-electron chi connectivity index (χ2n) is 3.43. The van der Waals surface area contributed by atoms with E-state index in [1.807, 2.05) is 30.3 Å². The highest BCUT2D eigenvalue weighted by Crippen LogP contribution is 2.22. The van der Waals surface area contributed by atoms with Gasteiger partial charge in [-0.1, -0.05) is 30.7 Å². The van der Waals surface area contributed by atoms with Crippen LogP contribution in [0.4, 0.5) is 5.82 Å². The van der Waals surface area contributed by atoms with Crippen LogP contribution in [0.25, 0.3) is 10.9 Å². The van der Waals surface area contributed by atoms with Crippen LogP contribution >= 0.6 is 11.6 Å². The Labute approximate surface area is 94.3 Å². The highest BCUT2D eigenvalue weighted by Gasteiger charge is 2.00. The van der Waals surface area contributed by atoms with Crippen LogP contribution in [0.3, 0.4) is 0 Å². The smallest absolute Gasteiger partial charge is 0.126 e. The summed E-state index contributed by atoms with van der Waals surface area (Å²) in [5, 5.41) is 5.02. The van der Waals surface area contributed by atoms with Gasteiger partial charge in [-0.15, -0.1) is 0 Å². The van der Waals surface area contributed by atoms with Crippen molar-refractivity contribution in [1.82, 2.24) is 4.98 Å². The number of fused-ring (bicyclic) bond motifs is 1. The number of rotatable bonds is 3. The molecule has 0 unspecified atom stereocenters. The van der Waals surface area contributed by atoms with E-state index in [2.05, 4.69) is 17.2 Å². The summed E-state index contributed by atoms with van der Waals surface area (Å²) in [5.41, 5.74) is 0.861. The molecule has 0 amide bonds. The molecule has 0 aliphatic heterocycles. The minimum absolute atomic E-state index is 0.702. The molecule has 0 aliphatic carbocycles. The van der Waals surface area contributed by atoms with Crippen LogP contribution in [-0.2, 0) is 0 Å². The van der Waals surface area contributed by atoms with Crippen molar-refractivity contribution in [3.8, 4) is 0 Å². The zero-order valence-corrected chi connectivity index (χ0v) is 9.38. The normalized spacial score (nSPS) is 10.5. The highest BCUT2D eigenvalue weighted by atomic mass is 35.5. The molecular weight excluding hydrogens is 208 g/mol. The van der Waals surface area contributed by atoms with Gasteiger partial charge in [0.1, 0.15) is 5.82 Å². The number of para-hydroxylation sites is 1. The fourth-order valence-corrected chi connectivity index (χ4v) is 1.69. The SMILES string of the molecule is CCCNc1ccc2cccc(Cl)c2n1. The third kappa shape index (κ3) is 2.21. The van der Waals surface area contributed by atoms with E-state index in [0.717, 1.165) is 29.7 Å². The van der Waals surface area contributed by atoms with Gasteiger partial charge in [-0.3, -0.25) is 0 Å². The Kier molecular flexibility index (Phi) is 3.07. The zero-order valence-electron chi connectivity index (χ0n) is 8.63. The number of hydrogen-bond donors (Lipinski definition) is 1. The molecule has 1 N–H and O–H groups in total. The summed E-state index contributed by atoms with van der Waals surface area (Å²) >= 11 is 6.07. The quantitative estimate of drug-likeness (QED) is 0.853. The lowest BCUT2D eigenvalue weighted by molar-refractivity contribution is 0.972. The Morgan fingerprint density at radius 3 is 2.93 bits per heavy atom. The molecule has 2 aromatic rings. The first-order chi connectivity index (χ1) is 7.31. The van der Waals surface area contributed by atoms with E-state index in [-0.39, 0.29) is 0 Å². The Hall–Kier alpha value is -1.28. The number of anilines is 1. The molecule has 15 heavy (non-hydrogen) atoms. The van der Waals surface area contributed by atoms with E-state index in [1.165, 1.54) is 0 Å². The predicted octanol–water partition coefficient (Wildman–Crippen LogP) is 3.71. The van der Waals surface area contributed by atoms with Gasteiger partial charge in [-0.25, -0.2) is 4.98 Å². The second kappa shape index (κ2) is 4.49. The van der Waals surface area contributed by atoms with Crippen LogP contribution in [0.1, 0.15) is 13.3 Å². The Morgan fingerprint density at radius 2 is 2.13 bits per heavy atom. The zero-order chi connectivity index (χ0) is 10.7. The van der Waals surface area contributed by atoms with Crippen LogP contribution < -0.4 is 5.32 Å². The summed E-state index contributed by atoms with van der Waals surface area (Å²) in [6.45, 7) is 3.06. The molecule has 1 aromatic carbocycles. The molecular formula is C12H13ClN2. The number of aromatic nitrogens is 1. The Balaban J connectivity index is 2.41. The fraction of sp³-hybridized carbons (Fsp3) is 0.250. The molecule has 78 valence electrons. The number of pyridine rings is 1. The lowest BCUT2D eigenvalue weighted by Crippen LogP contribution is -2.01. The minimum Gasteiger partial charge on any atom is -0.370 e. The topological polar surface area (TPSA) is 24.9 Å². The summed E-state index contributed by atoms with van der Waals surface area (Å²) in [6.07, 6.45) is 1.09. The maximum absolute atomic E-state index is 6.07. The standard InChI is InChI=1S/C12H13ClN2/c1-2-8-14-11-7-6-9-4-3-5-10(13)12(9)15-11/h3-7H,2,8H2,1H3,(H,14,15). The lowest BCUT2D eigenvalue weighted by atomic mass is 10.2. The first-order valence-corrected chi connectivity index (χ1v) is 5.48. The number of nitrogens with one attached hydrogen (secondary N) is 1. The third-order valence-corrected chi connectivity index (χ3v) is 2.53. The largest absolute Gasteiger partial charge is 0.370 e. The predicted molar refractivity (Wildman–Crippen MR) is 65.5 cm³/mol. The molecule has 0 spiro atoms. The van der Waals surface area contributed by atoms with Gasteiger partial charge >= 0.3 is 0 Å². The molecule has 0 fully saturated rings. The number of hydrogen-bond acceptors (Lipinski definition) is 2. The van der Waals surface area contributed by atoms with E-state index >= 15 is 0 Å². The van der Waals surface area contributed by atoms with Crippen LogP contribution in [0, 0.1) is 0 Å². The molecule has 0 saturated heterocycles. The average molecular weight is 221 g/mol. The molecule has 1 heterocycles. The number of halogens is 1. The van der Waals surface area contributed by atoms with Gasteiger partial charge < -0.3 is 5.32 Å². The van der Waals surface area contributed by atoms with Gasteiger partial charge in [0, 0.05) is 11.9 Å². The molecule has 2 rings (SSSR count). The van der Waals surface area contributed by atoms with Crippen molar-refractivity contribution in [2.75, 3.05) is 11.9 Å². The van der Waals surface area contributed by atoms with Crippen molar-refractivity contribution >= 4 is 28.3 Å². The van der Waals surface area contributed by atoms with E-state index in [9.17, 15) is 0 Å². The van der Waals surface area contributed by atoms with Crippen molar-refractivity contribution in [1.29, 1.82) is 0 Å². The van der Waals surface area contributed by atoms with E-state index in [1.54, 1.807) is 0 Å². The van der Waals surface area contributed by atoms with Crippen LogP contribution in [-0.4, -0.2) is 11.5 Å². The summed E-state index contributed by atoms with van der Waals surface area (Å²) < 4.78 is 0. The van der Waals surface area contributed by atoms with E-state index in [4.69, 9.17) is 11.6 Å². The Bertz CT molecular complexity index is 468. The average Bonchev–Trinajstić information content (AvgIpc) is 2.27. The monoisotopic (exact) mass is 220 g/mol. The number of nitrogens with zero attached hydrogens (tertiary/aromatic N) is 1. The maximum atomic E-state index is 6.07. The minimum atomic E-state index is 0.702. The van der Waals surface area contributed by atoms with Gasteiger partial charge in [0.05, 0.1) is 10.5 Å². The second-order valence-corrected chi connectivity index (χ2v) is 3.84. The first-order valence-electron chi connectivity index (χ1n) is 5.10. The molecule has 0 bridgehead atoms. The lowest BCUT2D eigenvalue weighted by Gasteiger charge is -2.05. The van der Waals surface area contributed by atoms with E-state index < -0.39 is 0 Å². The molecule has 1 aromatic heterocycles. The highest BCUT2D eigenvalue weighted by molar-refractivity contribution is 6.35. The first kappa shape index (κ1) is 10.2. The fourth-order valence-electron chi connectivity index (χ4n) is 1.46. The van der Waals surface area contributed by atoms with Crippen molar-refractivity contribution < 1.29 is 0 Å². The summed E-state index contributed by atoms with van der Waals surface area (Å²) in [4.78, 5) is 4.47. The molecule has 2 nitrogen and oxygen atoms in total. The van der Waals surface area contributed by atoms with Gasteiger partial charge in [0.15, 0.2) is 0 Å². The van der Waals surface area contributed by atoms with Crippen LogP contribution in [0.15, 0.2) is 30.3 Å². The van der Waals surface area contributed by atoms with Gasteiger partial charge in [0.2, 0.25) is 0 Å². The summed E-state index contributed by atoms with van der Waals surface area (Å²) in [5.74, 6) is 0.887. The Morgan fingerprint density at radius 1 is 1.27 bits per heavy atom. The molecule has 0 radical (unpaired) electrons. The third-order valence-electron chi connectivity index (χ3n) is 2.23. The maximum Gasteiger partial charge on any atom is 0.126 e. The van der Waals surface area contributed by atoms with Crippen molar-refractivity contribution in [2.45, 2.75) is 13.3 Å². The molecule has 3 heteroatoms. The molecule has 0 aliphatic rings. The number of benzene rings is 1. The van der Waals surface area contributed by atoms with Crippen molar-refractivity contribution in [2.24, 2.45) is 0 Å². The van der Waals surface area contributed by atoms with Gasteiger partial charge in [-0.2, -0.15) is 0 Å². The van der Waals surface area contributed by atoms with Crippen molar-refractivity contribution in [3.63, 3.8) is 0 Å². The van der Waals surface area contributed by atoms with E-state index in [0.29, 0.717) is 5.02 Å². The molecule has 0 saturated carbocycles.